The molecule has 1 amide bonds. The van der Waals surface area contributed by atoms with Gasteiger partial charge >= 0.3 is 0 Å². The van der Waals surface area contributed by atoms with Crippen molar-refractivity contribution in [3.63, 3.8) is 0 Å². The van der Waals surface area contributed by atoms with Gasteiger partial charge in [-0.3, -0.25) is 4.79 Å². The average Bonchev–Trinajstić information content (AvgIpc) is 2.88. The molecule has 0 spiro atoms. The topological polar surface area (TPSA) is 38.3 Å². The molecule has 1 aromatic carbocycles. The summed E-state index contributed by atoms with van der Waals surface area (Å²) in [5, 5.41) is 3.58. The smallest absolute Gasteiger partial charge is 0.230 e. The van der Waals surface area contributed by atoms with Crippen molar-refractivity contribution in [2.24, 2.45) is 0 Å². The van der Waals surface area contributed by atoms with Crippen molar-refractivity contribution in [3.05, 3.63) is 29.3 Å². The molecule has 1 saturated heterocycles. The van der Waals surface area contributed by atoms with Gasteiger partial charge in [0.2, 0.25) is 5.91 Å². The number of hydrogen-bond acceptors (Lipinski definition) is 3. The SMILES string of the molecule is O=C(CSc1ccccc1Cl)NC[C@@H]1CCCO1. The Kier molecular flexibility index (Phi) is 5.35. The molecule has 1 aliphatic heterocycles. The molecule has 1 fully saturated rings. The summed E-state index contributed by atoms with van der Waals surface area (Å²) >= 11 is 7.47. The van der Waals surface area contributed by atoms with Gasteiger partial charge in [-0.1, -0.05) is 23.7 Å². The van der Waals surface area contributed by atoms with Gasteiger partial charge in [-0.2, -0.15) is 0 Å². The van der Waals surface area contributed by atoms with Gasteiger partial charge < -0.3 is 10.1 Å². The molecule has 1 aromatic rings. The first-order valence-electron chi connectivity index (χ1n) is 6.01. The Labute approximate surface area is 116 Å². The minimum Gasteiger partial charge on any atom is -0.376 e. The molecule has 1 heterocycles. The Bertz CT molecular complexity index is 408. The molecule has 1 aliphatic rings. The van der Waals surface area contributed by atoms with Crippen LogP contribution in [0.15, 0.2) is 29.2 Å². The minimum absolute atomic E-state index is 0.0235. The number of carbonyl (C=O) groups excluding carboxylic acids is 1. The molecule has 0 unspecified atom stereocenters. The molecule has 3 nitrogen and oxygen atoms in total. The predicted octanol–water partition coefficient (Wildman–Crippen LogP) is 2.73. The fourth-order valence-electron chi connectivity index (χ4n) is 1.79. The highest BCUT2D eigenvalue weighted by atomic mass is 35.5. The van der Waals surface area contributed by atoms with Crippen LogP contribution in [0.5, 0.6) is 0 Å². The Hall–Kier alpha value is -0.710. The van der Waals surface area contributed by atoms with E-state index in [9.17, 15) is 4.79 Å². The zero-order valence-corrected chi connectivity index (χ0v) is 11.6. The lowest BCUT2D eigenvalue weighted by Crippen LogP contribution is -2.32. The molecule has 0 aliphatic carbocycles. The number of rotatable bonds is 5. The third-order valence-electron chi connectivity index (χ3n) is 2.75. The van der Waals surface area contributed by atoms with E-state index in [1.165, 1.54) is 11.8 Å². The third kappa shape index (κ3) is 4.19. The van der Waals surface area contributed by atoms with Crippen LogP contribution in [0.3, 0.4) is 0 Å². The maximum atomic E-state index is 11.7. The first-order valence-corrected chi connectivity index (χ1v) is 7.37. The van der Waals surface area contributed by atoms with Gasteiger partial charge in [-0.15, -0.1) is 11.8 Å². The highest BCUT2D eigenvalue weighted by Crippen LogP contribution is 2.26. The van der Waals surface area contributed by atoms with Crippen LogP contribution in [0.1, 0.15) is 12.8 Å². The largest absolute Gasteiger partial charge is 0.376 e. The van der Waals surface area contributed by atoms with Crippen molar-refractivity contribution in [1.29, 1.82) is 0 Å². The van der Waals surface area contributed by atoms with Crippen LogP contribution in [-0.4, -0.2) is 30.9 Å². The lowest BCUT2D eigenvalue weighted by Gasteiger charge is -2.10. The van der Waals surface area contributed by atoms with E-state index in [-0.39, 0.29) is 12.0 Å². The number of thioether (sulfide) groups is 1. The lowest BCUT2D eigenvalue weighted by molar-refractivity contribution is -0.119. The second-order valence-electron chi connectivity index (χ2n) is 4.16. The molecule has 0 aromatic heterocycles. The molecule has 5 heteroatoms. The van der Waals surface area contributed by atoms with Gasteiger partial charge in [0.1, 0.15) is 0 Å². The number of carbonyl (C=O) groups is 1. The van der Waals surface area contributed by atoms with E-state index < -0.39 is 0 Å². The number of amides is 1. The molecule has 0 bridgehead atoms. The van der Waals surface area contributed by atoms with E-state index in [0.717, 1.165) is 24.3 Å². The quantitative estimate of drug-likeness (QED) is 0.846. The summed E-state index contributed by atoms with van der Waals surface area (Å²) in [4.78, 5) is 12.6. The maximum Gasteiger partial charge on any atom is 0.230 e. The predicted molar refractivity (Wildman–Crippen MR) is 74.2 cm³/mol. The summed E-state index contributed by atoms with van der Waals surface area (Å²) in [6.07, 6.45) is 2.33. The van der Waals surface area contributed by atoms with Gasteiger partial charge in [-0.05, 0) is 25.0 Å². The zero-order chi connectivity index (χ0) is 12.8. The summed E-state index contributed by atoms with van der Waals surface area (Å²) in [6.45, 7) is 1.43. The van der Waals surface area contributed by atoms with Crippen LogP contribution in [0.4, 0.5) is 0 Å². The first-order chi connectivity index (χ1) is 8.75. The van der Waals surface area contributed by atoms with Gasteiger partial charge in [0.05, 0.1) is 16.9 Å². The number of nitrogens with one attached hydrogen (secondary N) is 1. The van der Waals surface area contributed by atoms with E-state index in [0.29, 0.717) is 17.3 Å². The van der Waals surface area contributed by atoms with Gasteiger partial charge in [0.25, 0.3) is 0 Å². The minimum atomic E-state index is 0.0235. The van der Waals surface area contributed by atoms with Crippen LogP contribution in [0.2, 0.25) is 5.02 Å². The maximum absolute atomic E-state index is 11.7. The van der Waals surface area contributed by atoms with Crippen LogP contribution in [0.25, 0.3) is 0 Å². The standard InChI is InChI=1S/C13H16ClNO2S/c14-11-5-1-2-6-12(11)18-9-13(16)15-8-10-4-3-7-17-10/h1-2,5-6,10H,3-4,7-9H2,(H,15,16)/t10-/m0/s1. The first kappa shape index (κ1) is 13.7. The van der Waals surface area contributed by atoms with Gasteiger partial charge in [0.15, 0.2) is 0 Å². The van der Waals surface area contributed by atoms with Gasteiger partial charge in [0, 0.05) is 18.0 Å². The molecule has 1 atom stereocenters. The summed E-state index contributed by atoms with van der Waals surface area (Å²) < 4.78 is 5.44. The summed E-state index contributed by atoms with van der Waals surface area (Å²) in [7, 11) is 0. The van der Waals surface area contributed by atoms with Crippen molar-refractivity contribution in [3.8, 4) is 0 Å². The van der Waals surface area contributed by atoms with Crippen LogP contribution in [-0.2, 0) is 9.53 Å². The monoisotopic (exact) mass is 285 g/mol. The van der Waals surface area contributed by atoms with E-state index in [4.69, 9.17) is 16.3 Å². The molecule has 1 N–H and O–H groups in total. The lowest BCUT2D eigenvalue weighted by atomic mass is 10.2. The molecule has 0 saturated carbocycles. The highest BCUT2D eigenvalue weighted by Gasteiger charge is 2.16. The van der Waals surface area contributed by atoms with E-state index in [1.54, 1.807) is 0 Å². The van der Waals surface area contributed by atoms with E-state index in [1.807, 2.05) is 24.3 Å². The summed E-state index contributed by atoms with van der Waals surface area (Å²) in [5.74, 6) is 0.409. The third-order valence-corrected chi connectivity index (χ3v) is 4.26. The highest BCUT2D eigenvalue weighted by molar-refractivity contribution is 8.00. The Morgan fingerprint density at radius 1 is 1.50 bits per heavy atom. The molecule has 18 heavy (non-hydrogen) atoms. The Morgan fingerprint density at radius 3 is 3.06 bits per heavy atom. The van der Waals surface area contributed by atoms with Crippen LogP contribution >= 0.6 is 23.4 Å². The van der Waals surface area contributed by atoms with Crippen LogP contribution in [0, 0.1) is 0 Å². The number of benzene rings is 1. The fraction of sp³-hybridized carbons (Fsp3) is 0.462. The number of ether oxygens (including phenoxy) is 1. The van der Waals surface area contributed by atoms with Crippen LogP contribution < -0.4 is 5.32 Å². The second-order valence-corrected chi connectivity index (χ2v) is 5.58. The molecular weight excluding hydrogens is 270 g/mol. The normalized spacial score (nSPS) is 18.8. The van der Waals surface area contributed by atoms with Crippen molar-refractivity contribution in [2.75, 3.05) is 18.9 Å². The molecule has 2 rings (SSSR count). The van der Waals surface area contributed by atoms with E-state index in [2.05, 4.69) is 5.32 Å². The Balaban J connectivity index is 1.69. The fourth-order valence-corrected chi connectivity index (χ4v) is 2.86. The summed E-state index contributed by atoms with van der Waals surface area (Å²) in [5.41, 5.74) is 0. The van der Waals surface area contributed by atoms with Crippen molar-refractivity contribution >= 4 is 29.3 Å². The zero-order valence-electron chi connectivity index (χ0n) is 10.0. The van der Waals surface area contributed by atoms with Crippen molar-refractivity contribution in [1.82, 2.24) is 5.32 Å². The molecular formula is C13H16ClNO2S. The summed E-state index contributed by atoms with van der Waals surface area (Å²) in [6, 6.07) is 7.54. The number of halogens is 1. The van der Waals surface area contributed by atoms with Crippen molar-refractivity contribution < 1.29 is 9.53 Å². The molecule has 98 valence electrons. The van der Waals surface area contributed by atoms with E-state index >= 15 is 0 Å². The molecule has 0 radical (unpaired) electrons. The Morgan fingerprint density at radius 2 is 2.33 bits per heavy atom. The average molecular weight is 286 g/mol. The number of hydrogen-bond donors (Lipinski definition) is 1. The van der Waals surface area contributed by atoms with Crippen molar-refractivity contribution in [2.45, 2.75) is 23.8 Å². The second kappa shape index (κ2) is 7.02. The van der Waals surface area contributed by atoms with Gasteiger partial charge in [-0.25, -0.2) is 0 Å².